The molecule has 1 unspecified atom stereocenters. The minimum Gasteiger partial charge on any atom is -0.477 e. The van der Waals surface area contributed by atoms with Crippen LogP contribution in [0.5, 0.6) is 0 Å². The highest BCUT2D eigenvalue weighted by Crippen LogP contribution is 2.47. The number of aliphatic hydroxyl groups is 1. The van der Waals surface area contributed by atoms with Gasteiger partial charge in [-0.1, -0.05) is 5.16 Å². The Hall–Kier alpha value is -3.37. The first-order valence-electron chi connectivity index (χ1n) is 10.4. The highest BCUT2D eigenvalue weighted by atomic mass is 32.2. The highest BCUT2D eigenvalue weighted by Gasteiger charge is 2.66. The Morgan fingerprint density at radius 2 is 2.23 bits per heavy atom. The van der Waals surface area contributed by atoms with Gasteiger partial charge in [-0.2, -0.15) is 0 Å². The van der Waals surface area contributed by atoms with E-state index in [1.54, 1.807) is 4.90 Å². The second-order valence-corrected chi connectivity index (χ2v) is 9.92. The summed E-state index contributed by atoms with van der Waals surface area (Å²) in [6.07, 6.45) is 1.45. The van der Waals surface area contributed by atoms with Gasteiger partial charge in [0.15, 0.2) is 22.1 Å². The van der Waals surface area contributed by atoms with Crippen LogP contribution in [0.4, 0.5) is 5.13 Å². The number of fused-ring (bicyclic) bond motifs is 1. The Morgan fingerprint density at radius 1 is 1.46 bits per heavy atom. The number of aliphatic hydroxyl groups excluding tert-OH is 1. The summed E-state index contributed by atoms with van der Waals surface area (Å²) < 4.78 is 4.84. The number of thioether (sulfide) groups is 1. The third-order valence-electron chi connectivity index (χ3n) is 6.08. The van der Waals surface area contributed by atoms with Crippen LogP contribution in [0.25, 0.3) is 0 Å². The number of aliphatic carboxylic acids is 1. The first-order chi connectivity index (χ1) is 16.8. The number of aromatic nitrogens is 1. The van der Waals surface area contributed by atoms with Crippen LogP contribution in [0.15, 0.2) is 21.9 Å². The molecule has 0 aromatic carbocycles. The zero-order valence-electron chi connectivity index (χ0n) is 18.1. The lowest BCUT2D eigenvalue weighted by molar-refractivity contribution is -0.164. The molecule has 1 aromatic heterocycles. The fraction of sp³-hybridized carbons (Fsp3) is 0.474. The predicted octanol–water partition coefficient (Wildman–Crippen LogP) is -1.40. The molecule has 0 aliphatic carbocycles. The van der Waals surface area contributed by atoms with E-state index in [2.05, 4.69) is 15.5 Å². The van der Waals surface area contributed by atoms with Gasteiger partial charge in [0.2, 0.25) is 0 Å². The molecule has 2 amide bonds. The molecule has 3 aliphatic rings. The van der Waals surface area contributed by atoms with E-state index in [-0.39, 0.29) is 41.4 Å². The van der Waals surface area contributed by atoms with Crippen molar-refractivity contribution in [2.45, 2.75) is 29.8 Å². The van der Waals surface area contributed by atoms with Crippen molar-refractivity contribution in [2.24, 2.45) is 5.16 Å². The molecule has 0 bridgehead atoms. The Morgan fingerprint density at radius 3 is 2.83 bits per heavy atom. The van der Waals surface area contributed by atoms with Crippen molar-refractivity contribution >= 4 is 58.2 Å². The van der Waals surface area contributed by atoms with E-state index < -0.39 is 41.0 Å². The number of β-lactam (4-membered cyclic amide) rings is 1. The number of rotatable bonds is 9. The maximum atomic E-state index is 13.4. The van der Waals surface area contributed by atoms with Gasteiger partial charge >= 0.3 is 5.97 Å². The third-order valence-corrected chi connectivity index (χ3v) is 8.12. The van der Waals surface area contributed by atoms with Crippen molar-refractivity contribution < 1.29 is 39.3 Å². The average molecular weight is 527 g/mol. The number of anilines is 1. The van der Waals surface area contributed by atoms with Crippen LogP contribution in [-0.4, -0.2) is 103 Å². The summed E-state index contributed by atoms with van der Waals surface area (Å²) in [6.45, 7) is -0.0861. The number of carboxylic acid groups (broad SMARTS) is 1. The number of nitrogens with one attached hydrogen (secondary N) is 1. The molecule has 188 valence electrons. The SMILES string of the molecule is Nc1nc(/C(=N/O)C(=O)NC2(COC=O)C(=O)N3C(C(=O)O)=C(N4CCC[C@H]4CO)CS[C@H]32)cs1. The lowest BCUT2D eigenvalue weighted by atomic mass is 9.86. The molecule has 4 rings (SSSR count). The van der Waals surface area contributed by atoms with Crippen LogP contribution in [0.2, 0.25) is 0 Å². The molecule has 3 aliphatic heterocycles. The number of nitrogen functional groups attached to an aromatic ring is 1. The molecule has 3 atom stereocenters. The second kappa shape index (κ2) is 9.71. The highest BCUT2D eigenvalue weighted by molar-refractivity contribution is 8.00. The molecule has 2 fully saturated rings. The average Bonchev–Trinajstić information content (AvgIpc) is 3.49. The van der Waals surface area contributed by atoms with E-state index in [9.17, 15) is 34.6 Å². The zero-order chi connectivity index (χ0) is 25.3. The standard InChI is InChI=1S/C19H22N6O8S2/c20-18-21-10(5-35-18)12(23-32)14(28)22-19(7-33-8-27)16(31)25-13(15(29)30)11(6-34-17(19)25)24-3-1-2-9(24)4-26/h5,8-9,17,26,32H,1-4,6-7H2,(H2,20,21)(H,22,28)(H,29,30)/b23-12-/t9-,17-,19?/m0/s1. The molecule has 4 heterocycles. The van der Waals surface area contributed by atoms with Crippen LogP contribution in [0.1, 0.15) is 18.5 Å². The molecule has 2 saturated heterocycles. The number of carbonyl (C=O) groups excluding carboxylic acids is 3. The Labute approximate surface area is 206 Å². The Balaban J connectivity index is 1.67. The lowest BCUT2D eigenvalue weighted by Gasteiger charge is -2.57. The van der Waals surface area contributed by atoms with E-state index in [0.29, 0.717) is 18.7 Å². The number of thiazole rings is 1. The van der Waals surface area contributed by atoms with E-state index in [0.717, 1.165) is 22.7 Å². The molecule has 0 radical (unpaired) electrons. The maximum Gasteiger partial charge on any atom is 0.354 e. The van der Waals surface area contributed by atoms with Crippen LogP contribution in [-0.2, 0) is 23.9 Å². The number of oxime groups is 1. The van der Waals surface area contributed by atoms with Gasteiger partial charge in [-0.25, -0.2) is 9.78 Å². The number of hydrogen-bond donors (Lipinski definition) is 5. The summed E-state index contributed by atoms with van der Waals surface area (Å²) in [5, 5.41) is 35.1. The number of likely N-dealkylation sites (tertiary alicyclic amines) is 1. The molecular formula is C19H22N6O8S2. The van der Waals surface area contributed by atoms with E-state index in [1.807, 2.05) is 0 Å². The van der Waals surface area contributed by atoms with Crippen molar-refractivity contribution in [1.29, 1.82) is 0 Å². The summed E-state index contributed by atoms with van der Waals surface area (Å²) in [4.78, 5) is 56.3. The molecule has 0 saturated carbocycles. The number of hydrogen-bond acceptors (Lipinski definition) is 13. The van der Waals surface area contributed by atoms with Gasteiger partial charge in [0.1, 0.15) is 17.7 Å². The maximum absolute atomic E-state index is 13.4. The second-order valence-electron chi connectivity index (χ2n) is 7.96. The van der Waals surface area contributed by atoms with Gasteiger partial charge in [-0.15, -0.1) is 23.1 Å². The van der Waals surface area contributed by atoms with Crippen LogP contribution >= 0.6 is 23.1 Å². The zero-order valence-corrected chi connectivity index (χ0v) is 19.8. The fourth-order valence-electron chi connectivity index (χ4n) is 4.53. The first kappa shape index (κ1) is 24.7. The minimum absolute atomic E-state index is 0.0311. The van der Waals surface area contributed by atoms with Crippen LogP contribution < -0.4 is 11.1 Å². The number of amides is 2. The van der Waals surface area contributed by atoms with Crippen LogP contribution in [0, 0.1) is 0 Å². The largest absolute Gasteiger partial charge is 0.477 e. The molecule has 35 heavy (non-hydrogen) atoms. The Kier molecular flexibility index (Phi) is 6.86. The topological polar surface area (TPSA) is 208 Å². The van der Waals surface area contributed by atoms with E-state index >= 15 is 0 Å². The number of nitrogens with two attached hydrogens (primary N) is 1. The number of carboxylic acids is 1. The first-order valence-corrected chi connectivity index (χ1v) is 12.3. The van der Waals surface area contributed by atoms with Crippen molar-refractivity contribution in [3.63, 3.8) is 0 Å². The minimum atomic E-state index is -1.81. The van der Waals surface area contributed by atoms with Crippen molar-refractivity contribution in [3.05, 3.63) is 22.5 Å². The number of nitrogens with zero attached hydrogens (tertiary/aromatic N) is 4. The molecular weight excluding hydrogens is 504 g/mol. The quantitative estimate of drug-likeness (QED) is 0.0827. The molecule has 6 N–H and O–H groups in total. The van der Waals surface area contributed by atoms with Gasteiger partial charge in [-0.05, 0) is 12.8 Å². The summed E-state index contributed by atoms with van der Waals surface area (Å²) in [5.41, 5.74) is 3.36. The molecule has 14 nitrogen and oxygen atoms in total. The van der Waals surface area contributed by atoms with Crippen LogP contribution in [0.3, 0.4) is 0 Å². The monoisotopic (exact) mass is 526 g/mol. The molecule has 0 spiro atoms. The fourth-order valence-corrected chi connectivity index (χ4v) is 6.56. The molecule has 1 aromatic rings. The summed E-state index contributed by atoms with van der Waals surface area (Å²) >= 11 is 2.18. The number of ether oxygens (including phenoxy) is 1. The van der Waals surface area contributed by atoms with Crippen molar-refractivity contribution in [2.75, 3.05) is 31.2 Å². The Bertz CT molecular complexity index is 1120. The smallest absolute Gasteiger partial charge is 0.354 e. The van der Waals surface area contributed by atoms with Gasteiger partial charge in [0, 0.05) is 17.7 Å². The normalized spacial score (nSPS) is 26.3. The van der Waals surface area contributed by atoms with Gasteiger partial charge < -0.3 is 36.1 Å². The lowest BCUT2D eigenvalue weighted by Crippen LogP contribution is -2.82. The van der Waals surface area contributed by atoms with Crippen molar-refractivity contribution in [1.82, 2.24) is 20.1 Å². The number of carbonyl (C=O) groups is 4. The third kappa shape index (κ3) is 4.06. The van der Waals surface area contributed by atoms with Gasteiger partial charge in [-0.3, -0.25) is 19.3 Å². The predicted molar refractivity (Wildman–Crippen MR) is 122 cm³/mol. The van der Waals surface area contributed by atoms with Gasteiger partial charge in [0.25, 0.3) is 18.3 Å². The molecule has 16 heteroatoms. The summed E-state index contributed by atoms with van der Waals surface area (Å²) in [5.74, 6) is -2.97. The van der Waals surface area contributed by atoms with Crippen molar-refractivity contribution in [3.8, 4) is 0 Å². The summed E-state index contributed by atoms with van der Waals surface area (Å²) in [6, 6.07) is -0.260. The van der Waals surface area contributed by atoms with E-state index in [4.69, 9.17) is 10.5 Å². The van der Waals surface area contributed by atoms with Gasteiger partial charge in [0.05, 0.1) is 18.3 Å². The van der Waals surface area contributed by atoms with E-state index in [1.165, 1.54) is 17.1 Å². The summed E-state index contributed by atoms with van der Waals surface area (Å²) in [7, 11) is 0.